The molecule has 1 N–H and O–H groups in total. The average Bonchev–Trinajstić information content (AvgIpc) is 3.03. The normalized spacial score (nSPS) is 25.9. The first kappa shape index (κ1) is 20.1. The Morgan fingerprint density at radius 2 is 1.90 bits per heavy atom. The van der Waals surface area contributed by atoms with Crippen molar-refractivity contribution in [1.29, 1.82) is 0 Å². The van der Waals surface area contributed by atoms with Crippen LogP contribution < -0.4 is 5.32 Å². The molecule has 0 aromatic heterocycles. The molecule has 8 nitrogen and oxygen atoms in total. The zero-order chi connectivity index (χ0) is 20.7. The third-order valence-corrected chi connectivity index (χ3v) is 6.15. The van der Waals surface area contributed by atoms with Gasteiger partial charge in [0.2, 0.25) is 0 Å². The number of halogens is 2. The molecule has 0 aliphatic carbocycles. The lowest BCUT2D eigenvalue weighted by Gasteiger charge is -2.37. The second kappa shape index (κ2) is 7.89. The van der Waals surface area contributed by atoms with Gasteiger partial charge >= 0.3 is 6.03 Å². The van der Waals surface area contributed by atoms with Gasteiger partial charge in [0.05, 0.1) is 6.54 Å². The molecule has 0 bridgehead atoms. The topological polar surface area (TPSA) is 71.5 Å². The van der Waals surface area contributed by atoms with E-state index in [0.29, 0.717) is 23.0 Å². The van der Waals surface area contributed by atoms with E-state index in [1.807, 2.05) is 0 Å². The lowest BCUT2D eigenvalue weighted by molar-refractivity contribution is -0.127. The molecule has 4 rings (SSSR count). The molecule has 1 aromatic carbocycles. The number of imide groups is 1. The van der Waals surface area contributed by atoms with Crippen LogP contribution in [0.25, 0.3) is 0 Å². The number of benzene rings is 1. The van der Waals surface area contributed by atoms with Crippen molar-refractivity contribution in [3.05, 3.63) is 34.6 Å². The number of amides is 3. The summed E-state index contributed by atoms with van der Waals surface area (Å²) in [5, 5.41) is 2.66. The van der Waals surface area contributed by atoms with Crippen molar-refractivity contribution in [2.45, 2.75) is 18.8 Å². The van der Waals surface area contributed by atoms with Crippen molar-refractivity contribution < 1.29 is 14.0 Å². The van der Waals surface area contributed by atoms with Gasteiger partial charge in [-0.1, -0.05) is 17.7 Å². The van der Waals surface area contributed by atoms with Gasteiger partial charge in [-0.15, -0.1) is 0 Å². The van der Waals surface area contributed by atoms with E-state index in [0.717, 1.165) is 26.2 Å². The number of nitrogens with zero attached hydrogens (tertiary/aromatic N) is 5. The zero-order valence-electron chi connectivity index (χ0n) is 16.4. The number of aliphatic imine (C=N–C) groups is 1. The molecule has 2 unspecified atom stereocenters. The van der Waals surface area contributed by atoms with E-state index in [9.17, 15) is 14.0 Å². The molecule has 2 atom stereocenters. The number of likely N-dealkylation sites (N-methyl/N-ethyl adjacent to an activating group) is 2. The summed E-state index contributed by atoms with van der Waals surface area (Å²) in [6, 6.07) is 3.33. The van der Waals surface area contributed by atoms with Crippen LogP contribution in [0.3, 0.4) is 0 Å². The molecule has 0 saturated carbocycles. The highest BCUT2D eigenvalue weighted by atomic mass is 35.5. The van der Waals surface area contributed by atoms with Crippen molar-refractivity contribution in [2.24, 2.45) is 4.99 Å². The summed E-state index contributed by atoms with van der Waals surface area (Å²) in [5.41, 5.74) is 0.313. The first-order chi connectivity index (χ1) is 13.8. The number of amidine groups is 1. The van der Waals surface area contributed by atoms with Crippen LogP contribution in [0.15, 0.2) is 23.2 Å². The number of nitrogens with one attached hydrogen (secondary N) is 1. The monoisotopic (exact) mass is 422 g/mol. The number of fused-ring (bicyclic) bond motifs is 1. The first-order valence-electron chi connectivity index (χ1n) is 9.60. The van der Waals surface area contributed by atoms with Gasteiger partial charge in [0, 0.05) is 50.4 Å². The molecule has 156 valence electrons. The van der Waals surface area contributed by atoms with E-state index in [-0.39, 0.29) is 6.54 Å². The Kier molecular flexibility index (Phi) is 5.46. The van der Waals surface area contributed by atoms with E-state index in [2.05, 4.69) is 22.2 Å². The first-order valence-corrected chi connectivity index (χ1v) is 9.97. The van der Waals surface area contributed by atoms with E-state index >= 15 is 0 Å². The van der Waals surface area contributed by atoms with Crippen LogP contribution >= 0.6 is 11.6 Å². The molecule has 29 heavy (non-hydrogen) atoms. The highest BCUT2D eigenvalue weighted by Crippen LogP contribution is 2.29. The highest BCUT2D eigenvalue weighted by Gasteiger charge is 2.48. The lowest BCUT2D eigenvalue weighted by atomic mass is 10.1. The molecule has 3 amide bonds. The minimum absolute atomic E-state index is 0.106. The highest BCUT2D eigenvalue weighted by molar-refractivity contribution is 6.31. The van der Waals surface area contributed by atoms with Gasteiger partial charge in [-0.3, -0.25) is 15.0 Å². The van der Waals surface area contributed by atoms with Gasteiger partial charge < -0.3 is 14.7 Å². The Balaban J connectivity index is 1.64. The number of rotatable bonds is 4. The molecule has 1 aromatic rings. The summed E-state index contributed by atoms with van der Waals surface area (Å²) >= 11 is 6.24. The summed E-state index contributed by atoms with van der Waals surface area (Å²) in [6.07, 6.45) is -0.635. The molecule has 2 fully saturated rings. The zero-order valence-corrected chi connectivity index (χ0v) is 17.2. The summed E-state index contributed by atoms with van der Waals surface area (Å²) in [4.78, 5) is 37.1. The fourth-order valence-corrected chi connectivity index (χ4v) is 4.19. The van der Waals surface area contributed by atoms with Crippen molar-refractivity contribution >= 4 is 29.4 Å². The Bertz CT molecular complexity index is 837. The fraction of sp³-hybridized carbons (Fsp3) is 0.526. The number of urea groups is 1. The summed E-state index contributed by atoms with van der Waals surface area (Å²) in [6.45, 7) is 4.27. The third kappa shape index (κ3) is 3.82. The van der Waals surface area contributed by atoms with Crippen molar-refractivity contribution in [2.75, 3.05) is 46.8 Å². The molecular formula is C19H24ClFN6O2. The number of carbonyl (C=O) groups is 2. The van der Waals surface area contributed by atoms with Crippen LogP contribution in [0.5, 0.6) is 0 Å². The fourth-order valence-electron chi connectivity index (χ4n) is 3.96. The predicted octanol–water partition coefficient (Wildman–Crippen LogP) is 0.817. The molecule has 10 heteroatoms. The largest absolute Gasteiger partial charge is 0.339 e. The minimum atomic E-state index is -0.712. The van der Waals surface area contributed by atoms with Gasteiger partial charge in [-0.25, -0.2) is 14.2 Å². The van der Waals surface area contributed by atoms with Crippen molar-refractivity contribution in [3.63, 3.8) is 0 Å². The molecule has 0 radical (unpaired) electrons. The van der Waals surface area contributed by atoms with Crippen LogP contribution in [0.4, 0.5) is 9.18 Å². The van der Waals surface area contributed by atoms with E-state index in [1.54, 1.807) is 24.1 Å². The number of hydrogen-bond acceptors (Lipinski definition) is 6. The molecule has 0 spiro atoms. The molecule has 3 aliphatic heterocycles. The number of hydrogen-bond donors (Lipinski definition) is 1. The van der Waals surface area contributed by atoms with E-state index < -0.39 is 30.0 Å². The quantitative estimate of drug-likeness (QED) is 0.777. The van der Waals surface area contributed by atoms with Gasteiger partial charge in [-0.05, 0) is 19.2 Å². The van der Waals surface area contributed by atoms with E-state index in [1.165, 1.54) is 11.0 Å². The van der Waals surface area contributed by atoms with Crippen LogP contribution in [-0.4, -0.2) is 96.4 Å². The standard InChI is InChI=1S/C19H24ClFN6O2/c1-24-6-8-26(9-7-24)11-15-22-17-16(18(28)23-19(29)25(17)2)27(15)10-12-13(20)4-3-5-14(12)21/h3-5,16-17H,6-11H2,1-2H3,(H,23,28,29). The van der Waals surface area contributed by atoms with Crippen LogP contribution in [-0.2, 0) is 11.3 Å². The Labute approximate surface area is 173 Å². The molecule has 3 heterocycles. The predicted molar refractivity (Wildman–Crippen MR) is 107 cm³/mol. The second-order valence-electron chi connectivity index (χ2n) is 7.72. The lowest BCUT2D eigenvalue weighted by Crippen LogP contribution is -2.63. The minimum Gasteiger partial charge on any atom is -0.339 e. The van der Waals surface area contributed by atoms with Crippen LogP contribution in [0.2, 0.25) is 5.02 Å². The Hall–Kier alpha value is -2.23. The van der Waals surface area contributed by atoms with E-state index in [4.69, 9.17) is 16.6 Å². The average molecular weight is 423 g/mol. The summed E-state index contributed by atoms with van der Waals surface area (Å²) < 4.78 is 14.5. The maximum absolute atomic E-state index is 14.5. The smallest absolute Gasteiger partial charge is 0.325 e. The van der Waals surface area contributed by atoms with Gasteiger partial charge in [0.25, 0.3) is 5.91 Å². The van der Waals surface area contributed by atoms with Gasteiger partial charge in [0.15, 0.2) is 12.2 Å². The maximum atomic E-state index is 14.5. The van der Waals surface area contributed by atoms with Gasteiger partial charge in [-0.2, -0.15) is 0 Å². The van der Waals surface area contributed by atoms with Crippen LogP contribution in [0.1, 0.15) is 5.56 Å². The summed E-state index contributed by atoms with van der Waals surface area (Å²) in [5.74, 6) is -0.191. The Morgan fingerprint density at radius 3 is 2.59 bits per heavy atom. The molecular weight excluding hydrogens is 399 g/mol. The number of piperazine rings is 1. The molecule has 2 saturated heterocycles. The van der Waals surface area contributed by atoms with Crippen LogP contribution in [0, 0.1) is 5.82 Å². The third-order valence-electron chi connectivity index (χ3n) is 5.80. The summed E-state index contributed by atoms with van der Waals surface area (Å²) in [7, 11) is 3.69. The Morgan fingerprint density at radius 1 is 1.17 bits per heavy atom. The SMILES string of the molecule is CN1CCN(CC2=NC3C(C(=O)NC(=O)N3C)N2Cc2c(F)cccc2Cl)CC1. The maximum Gasteiger partial charge on any atom is 0.325 e. The number of carbonyl (C=O) groups excluding carboxylic acids is 2. The molecule has 3 aliphatic rings. The van der Waals surface area contributed by atoms with Crippen molar-refractivity contribution in [1.82, 2.24) is 24.9 Å². The second-order valence-corrected chi connectivity index (χ2v) is 8.12. The van der Waals surface area contributed by atoms with Crippen molar-refractivity contribution in [3.8, 4) is 0 Å². The van der Waals surface area contributed by atoms with Gasteiger partial charge in [0.1, 0.15) is 11.7 Å².